The van der Waals surface area contributed by atoms with Crippen LogP contribution in [0.4, 0.5) is 0 Å². The first kappa shape index (κ1) is 13.0. The fourth-order valence-corrected chi connectivity index (χ4v) is 2.19. The summed E-state index contributed by atoms with van der Waals surface area (Å²) in [6.45, 7) is 3.86. The van der Waals surface area contributed by atoms with Crippen molar-refractivity contribution in [3.05, 3.63) is 42.0 Å². The van der Waals surface area contributed by atoms with E-state index in [0.29, 0.717) is 17.3 Å². The molecule has 0 radical (unpaired) electrons. The van der Waals surface area contributed by atoms with Gasteiger partial charge in [0.15, 0.2) is 5.16 Å². The standard InChI is InChI=1S/C13H15N3OS/c1-3-12(17)11-5-4-10(8-15-11)18-13-14-7-6-9(2)16-13/h4-8,12,17H,3H2,1-2H3. The molecule has 0 aromatic carbocycles. The van der Waals surface area contributed by atoms with Crippen molar-refractivity contribution in [2.45, 2.75) is 36.4 Å². The summed E-state index contributed by atoms with van der Waals surface area (Å²) in [5, 5.41) is 10.4. The number of hydrogen-bond acceptors (Lipinski definition) is 5. The summed E-state index contributed by atoms with van der Waals surface area (Å²) >= 11 is 1.46. The van der Waals surface area contributed by atoms with Crippen molar-refractivity contribution in [2.75, 3.05) is 0 Å². The van der Waals surface area contributed by atoms with E-state index in [4.69, 9.17) is 0 Å². The number of aliphatic hydroxyl groups is 1. The Bertz CT molecular complexity index is 516. The summed E-state index contributed by atoms with van der Waals surface area (Å²) < 4.78 is 0. The van der Waals surface area contributed by atoms with Gasteiger partial charge in [-0.15, -0.1) is 0 Å². The van der Waals surface area contributed by atoms with Crippen LogP contribution in [0.1, 0.15) is 30.8 Å². The van der Waals surface area contributed by atoms with Crippen LogP contribution in [-0.2, 0) is 0 Å². The molecule has 0 amide bonds. The molecule has 1 atom stereocenters. The first-order valence-electron chi connectivity index (χ1n) is 5.80. The van der Waals surface area contributed by atoms with Crippen LogP contribution in [0.2, 0.25) is 0 Å². The molecule has 0 aliphatic rings. The molecule has 1 N–H and O–H groups in total. The summed E-state index contributed by atoms with van der Waals surface area (Å²) in [5.41, 5.74) is 1.64. The van der Waals surface area contributed by atoms with E-state index in [2.05, 4.69) is 15.0 Å². The Balaban J connectivity index is 2.11. The molecular formula is C13H15N3OS. The smallest absolute Gasteiger partial charge is 0.192 e. The topological polar surface area (TPSA) is 58.9 Å². The molecule has 0 saturated heterocycles. The van der Waals surface area contributed by atoms with Crippen molar-refractivity contribution >= 4 is 11.8 Å². The first-order valence-corrected chi connectivity index (χ1v) is 6.62. The monoisotopic (exact) mass is 261 g/mol. The summed E-state index contributed by atoms with van der Waals surface area (Å²) in [7, 11) is 0. The van der Waals surface area contributed by atoms with E-state index in [1.165, 1.54) is 11.8 Å². The van der Waals surface area contributed by atoms with Crippen molar-refractivity contribution in [1.82, 2.24) is 15.0 Å². The van der Waals surface area contributed by atoms with E-state index in [-0.39, 0.29) is 0 Å². The quantitative estimate of drug-likeness (QED) is 0.858. The van der Waals surface area contributed by atoms with Crippen LogP contribution in [0.3, 0.4) is 0 Å². The molecule has 0 fully saturated rings. The third-order valence-electron chi connectivity index (χ3n) is 2.47. The number of pyridine rings is 1. The van der Waals surface area contributed by atoms with E-state index in [9.17, 15) is 5.11 Å². The molecule has 4 nitrogen and oxygen atoms in total. The zero-order valence-electron chi connectivity index (χ0n) is 10.4. The van der Waals surface area contributed by atoms with Gasteiger partial charge in [-0.1, -0.05) is 6.92 Å². The summed E-state index contributed by atoms with van der Waals surface area (Å²) in [6, 6.07) is 5.63. The maximum absolute atomic E-state index is 9.65. The minimum atomic E-state index is -0.487. The number of aromatic nitrogens is 3. The number of nitrogens with zero attached hydrogens (tertiary/aromatic N) is 3. The second-order valence-electron chi connectivity index (χ2n) is 3.93. The number of aliphatic hydroxyl groups excluding tert-OH is 1. The fourth-order valence-electron chi connectivity index (χ4n) is 1.44. The lowest BCUT2D eigenvalue weighted by molar-refractivity contribution is 0.169. The fraction of sp³-hybridized carbons (Fsp3) is 0.308. The van der Waals surface area contributed by atoms with Gasteiger partial charge in [0.2, 0.25) is 0 Å². The third kappa shape index (κ3) is 3.27. The number of rotatable bonds is 4. The van der Waals surface area contributed by atoms with Crippen molar-refractivity contribution in [3.63, 3.8) is 0 Å². The van der Waals surface area contributed by atoms with Gasteiger partial charge in [-0.2, -0.15) is 0 Å². The molecule has 0 saturated carbocycles. The van der Waals surface area contributed by atoms with E-state index in [1.807, 2.05) is 32.0 Å². The molecule has 2 aromatic heterocycles. The average Bonchev–Trinajstić information content (AvgIpc) is 2.39. The van der Waals surface area contributed by atoms with Gasteiger partial charge >= 0.3 is 0 Å². The Morgan fingerprint density at radius 3 is 2.72 bits per heavy atom. The van der Waals surface area contributed by atoms with Crippen molar-refractivity contribution < 1.29 is 5.11 Å². The van der Waals surface area contributed by atoms with Crippen LogP contribution in [0.25, 0.3) is 0 Å². The molecule has 2 rings (SSSR count). The molecule has 0 spiro atoms. The molecule has 94 valence electrons. The average molecular weight is 261 g/mol. The highest BCUT2D eigenvalue weighted by Crippen LogP contribution is 2.24. The maximum Gasteiger partial charge on any atom is 0.192 e. The Morgan fingerprint density at radius 1 is 1.28 bits per heavy atom. The van der Waals surface area contributed by atoms with Gasteiger partial charge < -0.3 is 5.11 Å². The molecule has 18 heavy (non-hydrogen) atoms. The lowest BCUT2D eigenvalue weighted by Crippen LogP contribution is -1.98. The number of hydrogen-bond donors (Lipinski definition) is 1. The lowest BCUT2D eigenvalue weighted by atomic mass is 10.2. The van der Waals surface area contributed by atoms with Gasteiger partial charge in [-0.05, 0) is 43.3 Å². The van der Waals surface area contributed by atoms with E-state index >= 15 is 0 Å². The Hall–Kier alpha value is -1.46. The van der Waals surface area contributed by atoms with Gasteiger partial charge in [0.05, 0.1) is 11.8 Å². The third-order valence-corrected chi connectivity index (χ3v) is 3.33. The van der Waals surface area contributed by atoms with Crippen LogP contribution in [0.15, 0.2) is 40.6 Å². The second kappa shape index (κ2) is 5.93. The zero-order chi connectivity index (χ0) is 13.0. The summed E-state index contributed by atoms with van der Waals surface area (Å²) in [6.07, 6.45) is 3.66. The van der Waals surface area contributed by atoms with Gasteiger partial charge in [0.1, 0.15) is 0 Å². The molecule has 0 aliphatic heterocycles. The summed E-state index contributed by atoms with van der Waals surface area (Å²) in [5.74, 6) is 0. The molecule has 2 heterocycles. The van der Waals surface area contributed by atoms with Crippen LogP contribution in [0, 0.1) is 6.92 Å². The van der Waals surface area contributed by atoms with Gasteiger partial charge in [0, 0.05) is 23.0 Å². The SMILES string of the molecule is CCC(O)c1ccc(Sc2nccc(C)n2)cn1. The van der Waals surface area contributed by atoms with E-state index < -0.39 is 6.10 Å². The number of aryl methyl sites for hydroxylation is 1. The largest absolute Gasteiger partial charge is 0.387 e. The maximum atomic E-state index is 9.65. The zero-order valence-corrected chi connectivity index (χ0v) is 11.2. The van der Waals surface area contributed by atoms with Crippen molar-refractivity contribution in [3.8, 4) is 0 Å². The molecule has 1 unspecified atom stereocenters. The van der Waals surface area contributed by atoms with E-state index in [1.54, 1.807) is 12.4 Å². The van der Waals surface area contributed by atoms with Crippen molar-refractivity contribution in [2.24, 2.45) is 0 Å². The minimum Gasteiger partial charge on any atom is -0.387 e. The van der Waals surface area contributed by atoms with Crippen LogP contribution in [0.5, 0.6) is 0 Å². The molecular weight excluding hydrogens is 246 g/mol. The Kier molecular flexibility index (Phi) is 4.28. The van der Waals surface area contributed by atoms with E-state index in [0.717, 1.165) is 10.6 Å². The summed E-state index contributed by atoms with van der Waals surface area (Å²) in [4.78, 5) is 13.7. The highest BCUT2D eigenvalue weighted by molar-refractivity contribution is 7.99. The predicted molar refractivity (Wildman–Crippen MR) is 70.4 cm³/mol. The van der Waals surface area contributed by atoms with Crippen LogP contribution in [-0.4, -0.2) is 20.1 Å². The highest BCUT2D eigenvalue weighted by Gasteiger charge is 2.07. The van der Waals surface area contributed by atoms with Gasteiger partial charge in [-0.25, -0.2) is 9.97 Å². The van der Waals surface area contributed by atoms with Gasteiger partial charge in [0.25, 0.3) is 0 Å². The lowest BCUT2D eigenvalue weighted by Gasteiger charge is -2.07. The predicted octanol–water partition coefficient (Wildman–Crippen LogP) is 2.77. The van der Waals surface area contributed by atoms with Crippen LogP contribution < -0.4 is 0 Å². The molecule has 0 bridgehead atoms. The minimum absolute atomic E-state index is 0.487. The molecule has 0 aliphatic carbocycles. The van der Waals surface area contributed by atoms with Crippen LogP contribution >= 0.6 is 11.8 Å². The Labute approximate surface area is 111 Å². The van der Waals surface area contributed by atoms with Gasteiger partial charge in [-0.3, -0.25) is 4.98 Å². The normalized spacial score (nSPS) is 12.4. The highest BCUT2D eigenvalue weighted by atomic mass is 32.2. The van der Waals surface area contributed by atoms with Crippen molar-refractivity contribution in [1.29, 1.82) is 0 Å². The molecule has 5 heteroatoms. The second-order valence-corrected chi connectivity index (χ2v) is 4.97. The first-order chi connectivity index (χ1) is 8.69. The molecule has 2 aromatic rings. The Morgan fingerprint density at radius 2 is 2.11 bits per heavy atom.